The Balaban J connectivity index is 2.38. The first-order valence-electron chi connectivity index (χ1n) is 6.15. The molecule has 0 aliphatic heterocycles. The van der Waals surface area contributed by atoms with Gasteiger partial charge in [0.05, 0.1) is 12.3 Å². The second-order valence-electron chi connectivity index (χ2n) is 4.34. The average Bonchev–Trinajstić information content (AvgIpc) is 2.86. The van der Waals surface area contributed by atoms with Crippen LogP contribution < -0.4 is 4.72 Å². The van der Waals surface area contributed by atoms with Gasteiger partial charge in [-0.3, -0.25) is 4.72 Å². The van der Waals surface area contributed by atoms with Crippen LogP contribution in [0, 0.1) is 5.82 Å². The van der Waals surface area contributed by atoms with E-state index in [4.69, 9.17) is 0 Å². The van der Waals surface area contributed by atoms with Crippen molar-refractivity contribution < 1.29 is 17.9 Å². The van der Waals surface area contributed by atoms with E-state index >= 15 is 0 Å². The summed E-state index contributed by atoms with van der Waals surface area (Å²) in [4.78, 5) is 0.0181. The van der Waals surface area contributed by atoms with Crippen LogP contribution in [0.3, 0.4) is 0 Å². The van der Waals surface area contributed by atoms with E-state index in [0.717, 1.165) is 6.07 Å². The third-order valence-electron chi connectivity index (χ3n) is 2.95. The molecule has 0 radical (unpaired) electrons. The summed E-state index contributed by atoms with van der Waals surface area (Å²) in [6.45, 7) is 2.12. The molecule has 2 aromatic rings. The van der Waals surface area contributed by atoms with Crippen LogP contribution in [0.2, 0.25) is 0 Å². The molecule has 0 saturated carbocycles. The summed E-state index contributed by atoms with van der Waals surface area (Å²) >= 11 is 3.16. The van der Waals surface area contributed by atoms with Crippen molar-refractivity contribution in [2.24, 2.45) is 0 Å². The number of aliphatic hydroxyl groups is 1. The number of aromatic nitrogens is 1. The normalized spacial score (nSPS) is 11.6. The van der Waals surface area contributed by atoms with Crippen molar-refractivity contribution in [1.29, 1.82) is 0 Å². The summed E-state index contributed by atoms with van der Waals surface area (Å²) < 4.78 is 42.2. The molecule has 0 atom stereocenters. The van der Waals surface area contributed by atoms with Gasteiger partial charge in [0.25, 0.3) is 10.0 Å². The predicted molar refractivity (Wildman–Crippen MR) is 80.9 cm³/mol. The Kier molecular flexibility index (Phi) is 4.70. The highest BCUT2D eigenvalue weighted by molar-refractivity contribution is 9.10. The molecule has 1 heterocycles. The zero-order valence-corrected chi connectivity index (χ0v) is 13.6. The number of nitrogens with zero attached hydrogens (tertiary/aromatic N) is 1. The molecule has 0 saturated heterocycles. The third kappa shape index (κ3) is 3.45. The molecule has 2 rings (SSSR count). The molecular weight excluding hydrogens is 363 g/mol. The maximum Gasteiger partial charge on any atom is 0.263 e. The maximum absolute atomic E-state index is 13.2. The van der Waals surface area contributed by atoms with Gasteiger partial charge in [0.15, 0.2) is 0 Å². The number of hydrogen-bond acceptors (Lipinski definition) is 3. The van der Waals surface area contributed by atoms with Gasteiger partial charge in [-0.1, -0.05) is 0 Å². The van der Waals surface area contributed by atoms with Gasteiger partial charge >= 0.3 is 0 Å². The van der Waals surface area contributed by atoms with Crippen LogP contribution in [0.25, 0.3) is 0 Å². The fourth-order valence-corrected chi connectivity index (χ4v) is 3.49. The minimum atomic E-state index is -3.85. The van der Waals surface area contributed by atoms with E-state index in [-0.39, 0.29) is 17.2 Å². The number of benzene rings is 1. The molecule has 0 aliphatic rings. The van der Waals surface area contributed by atoms with Crippen molar-refractivity contribution >= 4 is 31.6 Å². The van der Waals surface area contributed by atoms with Gasteiger partial charge < -0.3 is 9.67 Å². The molecular formula is C13H14BrFN2O3S. The zero-order valence-electron chi connectivity index (χ0n) is 11.2. The highest BCUT2D eigenvalue weighted by Gasteiger charge is 2.19. The van der Waals surface area contributed by atoms with E-state index in [9.17, 15) is 17.9 Å². The Morgan fingerprint density at radius 3 is 2.67 bits per heavy atom. The van der Waals surface area contributed by atoms with Gasteiger partial charge in [0.2, 0.25) is 0 Å². The fourth-order valence-electron chi connectivity index (χ4n) is 1.88. The molecule has 1 aromatic heterocycles. The Labute approximate surface area is 130 Å². The molecule has 8 heteroatoms. The molecule has 0 fully saturated rings. The van der Waals surface area contributed by atoms with Crippen molar-refractivity contribution in [1.82, 2.24) is 4.57 Å². The highest BCUT2D eigenvalue weighted by Crippen LogP contribution is 2.26. The number of nitrogens with one attached hydrogen (secondary N) is 1. The van der Waals surface area contributed by atoms with Crippen molar-refractivity contribution in [3.63, 3.8) is 0 Å². The lowest BCUT2D eigenvalue weighted by Crippen LogP contribution is -2.13. The number of halogens is 2. The summed E-state index contributed by atoms with van der Waals surface area (Å²) in [6.07, 6.45) is 1.43. The Morgan fingerprint density at radius 2 is 2.10 bits per heavy atom. The van der Waals surface area contributed by atoms with Crippen molar-refractivity contribution in [2.75, 3.05) is 4.72 Å². The summed E-state index contributed by atoms with van der Waals surface area (Å²) in [6, 6.07) is 5.12. The number of sulfonamides is 1. The largest absolute Gasteiger partial charge is 0.390 e. The summed E-state index contributed by atoms with van der Waals surface area (Å²) in [5.41, 5.74) is 0.612. The van der Waals surface area contributed by atoms with Crippen molar-refractivity contribution in [2.45, 2.75) is 25.0 Å². The second kappa shape index (κ2) is 6.17. The maximum atomic E-state index is 13.2. The molecule has 5 nitrogen and oxygen atoms in total. The molecule has 2 N–H and O–H groups in total. The number of rotatable bonds is 5. The van der Waals surface area contributed by atoms with Crippen LogP contribution in [0.4, 0.5) is 10.1 Å². The lowest BCUT2D eigenvalue weighted by molar-refractivity contribution is 0.271. The van der Waals surface area contributed by atoms with Gasteiger partial charge in [-0.15, -0.1) is 0 Å². The van der Waals surface area contributed by atoms with Crippen LogP contribution in [0.5, 0.6) is 0 Å². The lowest BCUT2D eigenvalue weighted by Gasteiger charge is -2.08. The van der Waals surface area contributed by atoms with E-state index in [1.54, 1.807) is 4.57 Å². The monoisotopic (exact) mass is 376 g/mol. The number of aryl methyl sites for hydroxylation is 1. The van der Waals surface area contributed by atoms with Crippen molar-refractivity contribution in [3.8, 4) is 0 Å². The topological polar surface area (TPSA) is 71.3 Å². The SMILES string of the molecule is CCn1cc(S(=O)(=O)Nc2cc(F)ccc2Br)cc1CO. The number of anilines is 1. The molecule has 0 amide bonds. The fraction of sp³-hybridized carbons (Fsp3) is 0.231. The predicted octanol–water partition coefficient (Wildman–Crippen LogP) is 2.70. The van der Waals surface area contributed by atoms with Crippen LogP contribution in [-0.4, -0.2) is 18.1 Å². The third-order valence-corrected chi connectivity index (χ3v) is 4.97. The first-order chi connectivity index (χ1) is 9.87. The second-order valence-corrected chi connectivity index (χ2v) is 6.88. The lowest BCUT2D eigenvalue weighted by atomic mass is 10.3. The van der Waals surface area contributed by atoms with Crippen LogP contribution in [0.1, 0.15) is 12.6 Å². The molecule has 21 heavy (non-hydrogen) atoms. The summed E-state index contributed by atoms with van der Waals surface area (Å²) in [5, 5.41) is 9.21. The molecule has 0 bridgehead atoms. The smallest absolute Gasteiger partial charge is 0.263 e. The van der Waals surface area contributed by atoms with Gasteiger partial charge in [-0.05, 0) is 47.1 Å². The molecule has 0 spiro atoms. The van der Waals surface area contributed by atoms with Crippen LogP contribution >= 0.6 is 15.9 Å². The number of hydrogen-bond donors (Lipinski definition) is 2. The Hall–Kier alpha value is -1.38. The molecule has 0 unspecified atom stereocenters. The summed E-state index contributed by atoms with van der Waals surface area (Å²) in [5.74, 6) is -0.543. The van der Waals surface area contributed by atoms with E-state index < -0.39 is 15.8 Å². The Bertz CT molecular complexity index is 737. The van der Waals surface area contributed by atoms with Crippen LogP contribution in [-0.2, 0) is 23.2 Å². The van der Waals surface area contributed by atoms with Gasteiger partial charge in [0, 0.05) is 22.9 Å². The molecule has 1 aromatic carbocycles. The molecule has 0 aliphatic carbocycles. The van der Waals surface area contributed by atoms with E-state index in [1.807, 2.05) is 6.92 Å². The average molecular weight is 377 g/mol. The highest BCUT2D eigenvalue weighted by atomic mass is 79.9. The first kappa shape index (κ1) is 16.0. The van der Waals surface area contributed by atoms with Crippen LogP contribution in [0.15, 0.2) is 39.8 Å². The van der Waals surface area contributed by atoms with E-state index in [2.05, 4.69) is 20.7 Å². The van der Waals surface area contributed by atoms with E-state index in [1.165, 1.54) is 24.4 Å². The van der Waals surface area contributed by atoms with Gasteiger partial charge in [-0.2, -0.15) is 0 Å². The van der Waals surface area contributed by atoms with Gasteiger partial charge in [-0.25, -0.2) is 12.8 Å². The number of aliphatic hydroxyl groups excluding tert-OH is 1. The minimum Gasteiger partial charge on any atom is -0.390 e. The van der Waals surface area contributed by atoms with E-state index in [0.29, 0.717) is 16.7 Å². The Morgan fingerprint density at radius 1 is 1.38 bits per heavy atom. The standard InChI is InChI=1S/C13H14BrFN2O3S/c1-2-17-7-11(6-10(17)8-18)21(19,20)16-13-5-9(15)3-4-12(13)14/h3-7,16,18H,2,8H2,1H3. The summed E-state index contributed by atoms with van der Waals surface area (Å²) in [7, 11) is -3.85. The first-order valence-corrected chi connectivity index (χ1v) is 8.42. The van der Waals surface area contributed by atoms with Gasteiger partial charge in [0.1, 0.15) is 10.7 Å². The zero-order chi connectivity index (χ0) is 15.6. The molecule has 114 valence electrons. The quantitative estimate of drug-likeness (QED) is 0.842. The minimum absolute atomic E-state index is 0.0181. The van der Waals surface area contributed by atoms with Crippen molar-refractivity contribution in [3.05, 3.63) is 46.4 Å².